The van der Waals surface area contributed by atoms with Crippen LogP contribution < -0.4 is 26.4 Å². The molecule has 370 valence electrons. The third-order valence-corrected chi connectivity index (χ3v) is 18.1. The number of nitrogens with zero attached hydrogens (tertiary/aromatic N) is 2. The molecule has 7 aromatic carbocycles. The Morgan fingerprint density at radius 3 is 1.47 bits per heavy atom. The standard InChI is InChI=1S/C69H75BN2O/c1-42-34-58-61-59(35-42)72(57-40-52-50(66(8,9)30-32-68(52,12)13)38-48(57)44-24-20-17-21-25-44)62-49-39-51-53(69(14,15)33-31-67(51,10)11)41-60(49)73-63(62)70(61)54-37-46(65(5,6)7)27-29-56(54)71(58)55-28-26-45(64(2,3)4)36-47(55)43-22-18-16-19-23-43/h16-29,34-41H,30-33H2,1-15H3. The first-order chi connectivity index (χ1) is 34.3. The Kier molecular flexibility index (Phi) is 10.4. The molecule has 73 heavy (non-hydrogen) atoms. The fourth-order valence-electron chi connectivity index (χ4n) is 13.3. The average molecular weight is 959 g/mol. The van der Waals surface area contributed by atoms with Crippen molar-refractivity contribution in [3.05, 3.63) is 172 Å². The summed E-state index contributed by atoms with van der Waals surface area (Å²) in [4.78, 5) is 5.31. The molecule has 0 unspecified atom stereocenters. The van der Waals surface area contributed by atoms with E-state index in [9.17, 15) is 0 Å². The van der Waals surface area contributed by atoms with Gasteiger partial charge in [0.2, 0.25) is 0 Å². The van der Waals surface area contributed by atoms with Crippen LogP contribution in [0.3, 0.4) is 0 Å². The van der Waals surface area contributed by atoms with Crippen molar-refractivity contribution >= 4 is 68.4 Å². The Morgan fingerprint density at radius 1 is 0.452 bits per heavy atom. The summed E-state index contributed by atoms with van der Waals surface area (Å²) in [5.41, 5.74) is 26.3. The van der Waals surface area contributed by atoms with Gasteiger partial charge in [-0.15, -0.1) is 0 Å². The number of rotatable bonds is 4. The first-order valence-corrected chi connectivity index (χ1v) is 27.3. The molecule has 0 spiro atoms. The predicted molar refractivity (Wildman–Crippen MR) is 314 cm³/mol. The number of hydrogen-bond acceptors (Lipinski definition) is 3. The summed E-state index contributed by atoms with van der Waals surface area (Å²) in [5.74, 6) is 0. The van der Waals surface area contributed by atoms with E-state index in [1.54, 1.807) is 0 Å². The van der Waals surface area contributed by atoms with Crippen molar-refractivity contribution in [2.24, 2.45) is 0 Å². The van der Waals surface area contributed by atoms with Crippen LogP contribution in [0.15, 0.2) is 138 Å². The summed E-state index contributed by atoms with van der Waals surface area (Å²) in [6, 6.07) is 52.0. The predicted octanol–water partition coefficient (Wildman–Crippen LogP) is 17.5. The molecule has 4 aliphatic rings. The molecule has 8 aromatic rings. The van der Waals surface area contributed by atoms with Crippen molar-refractivity contribution in [3.63, 3.8) is 0 Å². The van der Waals surface area contributed by atoms with E-state index in [2.05, 4.69) is 247 Å². The Morgan fingerprint density at radius 2 is 0.918 bits per heavy atom. The lowest BCUT2D eigenvalue weighted by Gasteiger charge is -2.45. The van der Waals surface area contributed by atoms with Gasteiger partial charge in [0.25, 0.3) is 6.71 Å². The van der Waals surface area contributed by atoms with Crippen molar-refractivity contribution in [2.45, 2.75) is 162 Å². The van der Waals surface area contributed by atoms with Gasteiger partial charge >= 0.3 is 0 Å². The molecule has 0 N–H and O–H groups in total. The monoisotopic (exact) mass is 959 g/mol. The quantitative estimate of drug-likeness (QED) is 0.164. The van der Waals surface area contributed by atoms with Crippen LogP contribution >= 0.6 is 0 Å². The Balaban J connectivity index is 1.25. The Hall–Kier alpha value is -6.26. The van der Waals surface area contributed by atoms with Crippen LogP contribution in [0.25, 0.3) is 33.2 Å². The normalized spacial score (nSPS) is 17.9. The van der Waals surface area contributed by atoms with Crippen molar-refractivity contribution in [1.29, 1.82) is 0 Å². The molecular formula is C69H75BN2O. The maximum absolute atomic E-state index is 7.79. The third kappa shape index (κ3) is 7.42. The summed E-state index contributed by atoms with van der Waals surface area (Å²) in [6.07, 6.45) is 4.57. The van der Waals surface area contributed by atoms with E-state index in [4.69, 9.17) is 4.42 Å². The minimum atomic E-state index is -0.168. The molecule has 0 amide bonds. The minimum Gasteiger partial charge on any atom is -0.468 e. The van der Waals surface area contributed by atoms with Gasteiger partial charge in [0, 0.05) is 33.6 Å². The number of benzene rings is 7. The van der Waals surface area contributed by atoms with Gasteiger partial charge < -0.3 is 14.2 Å². The Labute approximate surface area is 437 Å². The molecule has 0 bridgehead atoms. The van der Waals surface area contributed by atoms with Crippen LogP contribution in [0, 0.1) is 6.92 Å². The largest absolute Gasteiger partial charge is 0.468 e. The smallest absolute Gasteiger partial charge is 0.297 e. The topological polar surface area (TPSA) is 19.6 Å². The highest BCUT2D eigenvalue weighted by atomic mass is 16.3. The second-order valence-corrected chi connectivity index (χ2v) is 27.2. The van der Waals surface area contributed by atoms with Crippen LogP contribution in [-0.2, 0) is 32.5 Å². The number of hydrogen-bond donors (Lipinski definition) is 0. The first-order valence-electron chi connectivity index (χ1n) is 27.3. The van der Waals surface area contributed by atoms with Gasteiger partial charge in [0.05, 0.1) is 22.7 Å². The van der Waals surface area contributed by atoms with Gasteiger partial charge in [-0.25, -0.2) is 0 Å². The molecule has 4 heteroatoms. The molecule has 2 aliphatic heterocycles. The molecule has 0 fully saturated rings. The number of anilines is 6. The Bertz CT molecular complexity index is 3560. The second kappa shape index (κ2) is 15.9. The maximum Gasteiger partial charge on any atom is 0.297 e. The highest BCUT2D eigenvalue weighted by Gasteiger charge is 2.49. The van der Waals surface area contributed by atoms with Gasteiger partial charge in [-0.3, -0.25) is 0 Å². The lowest BCUT2D eigenvalue weighted by atomic mass is 9.35. The van der Waals surface area contributed by atoms with Crippen molar-refractivity contribution in [2.75, 3.05) is 9.80 Å². The molecular weight excluding hydrogens is 884 g/mol. The minimum absolute atomic E-state index is 0.0126. The summed E-state index contributed by atoms with van der Waals surface area (Å²) in [6.45, 7) is 35.8. The van der Waals surface area contributed by atoms with Crippen LogP contribution in [0.1, 0.15) is 162 Å². The summed E-state index contributed by atoms with van der Waals surface area (Å²) in [7, 11) is 0. The zero-order valence-corrected chi connectivity index (χ0v) is 46.4. The van der Waals surface area contributed by atoms with Crippen LogP contribution in [0.4, 0.5) is 34.1 Å². The lowest BCUT2D eigenvalue weighted by Crippen LogP contribution is -2.61. The number of furan rings is 1. The lowest BCUT2D eigenvalue weighted by molar-refractivity contribution is 0.332. The first kappa shape index (κ1) is 47.7. The SMILES string of the molecule is Cc1cc2c3c(c1)N(c1cc4c(cc1-c1ccccc1)C(C)(C)CCC4(C)C)c1c(oc4cc5c(cc14)C(C)(C)CCC5(C)C)B3c1cc(C(C)(C)C)ccc1N2c1ccc(C(C)(C)C)cc1-c1ccccc1. The molecule has 0 atom stereocenters. The van der Waals surface area contributed by atoms with Crippen molar-refractivity contribution in [3.8, 4) is 22.3 Å². The van der Waals surface area contributed by atoms with Gasteiger partial charge in [0.1, 0.15) is 5.58 Å². The van der Waals surface area contributed by atoms with E-state index in [-0.39, 0.29) is 39.2 Å². The molecule has 0 saturated carbocycles. The van der Waals surface area contributed by atoms with E-state index in [1.807, 2.05) is 0 Å². The van der Waals surface area contributed by atoms with Crippen LogP contribution in [-0.4, -0.2) is 6.71 Å². The fourth-order valence-corrected chi connectivity index (χ4v) is 13.3. The number of aryl methyl sites for hydroxylation is 1. The van der Waals surface area contributed by atoms with Crippen LogP contribution in [0.2, 0.25) is 0 Å². The summed E-state index contributed by atoms with van der Waals surface area (Å²) < 4.78 is 7.79. The summed E-state index contributed by atoms with van der Waals surface area (Å²) in [5, 5.41) is 1.20. The molecule has 12 rings (SSSR count). The van der Waals surface area contributed by atoms with Crippen LogP contribution in [0.5, 0.6) is 0 Å². The van der Waals surface area contributed by atoms with Gasteiger partial charge in [-0.1, -0.05) is 176 Å². The fraction of sp³-hybridized carbons (Fsp3) is 0.362. The van der Waals surface area contributed by atoms with Crippen molar-refractivity contribution in [1.82, 2.24) is 0 Å². The van der Waals surface area contributed by atoms with E-state index in [0.29, 0.717) is 0 Å². The van der Waals surface area contributed by atoms with Crippen molar-refractivity contribution < 1.29 is 4.42 Å². The molecule has 0 radical (unpaired) electrons. The molecule has 0 saturated heterocycles. The summed E-state index contributed by atoms with van der Waals surface area (Å²) >= 11 is 0. The molecule has 3 nitrogen and oxygen atoms in total. The van der Waals surface area contributed by atoms with E-state index in [0.717, 1.165) is 36.9 Å². The van der Waals surface area contributed by atoms with Gasteiger partial charge in [-0.2, -0.15) is 0 Å². The molecule has 2 aliphatic carbocycles. The van der Waals surface area contributed by atoms with E-state index >= 15 is 0 Å². The van der Waals surface area contributed by atoms with E-state index < -0.39 is 0 Å². The van der Waals surface area contributed by atoms with Gasteiger partial charge in [-0.05, 0) is 181 Å². The average Bonchev–Trinajstić information content (AvgIpc) is 3.71. The second-order valence-electron chi connectivity index (χ2n) is 27.2. The molecule has 3 heterocycles. The maximum atomic E-state index is 7.79. The van der Waals surface area contributed by atoms with Gasteiger partial charge in [0.15, 0.2) is 0 Å². The third-order valence-electron chi connectivity index (χ3n) is 18.1. The molecule has 1 aromatic heterocycles. The zero-order chi connectivity index (χ0) is 51.5. The number of fused-ring (bicyclic) bond motifs is 8. The van der Waals surface area contributed by atoms with E-state index in [1.165, 1.54) is 112 Å². The zero-order valence-electron chi connectivity index (χ0n) is 46.4. The highest BCUT2D eigenvalue weighted by Crippen LogP contribution is 2.56. The highest BCUT2D eigenvalue weighted by molar-refractivity contribution is 7.00.